The lowest BCUT2D eigenvalue weighted by molar-refractivity contribution is -0.228. The third kappa shape index (κ3) is 23.2. The van der Waals surface area contributed by atoms with E-state index in [1.165, 1.54) is 84.0 Å². The summed E-state index contributed by atoms with van der Waals surface area (Å²) >= 11 is 0. The van der Waals surface area contributed by atoms with Crippen LogP contribution in [-0.2, 0) is 32.7 Å². The number of phosphoric acid groups is 1. The molecule has 0 saturated heterocycles. The van der Waals surface area contributed by atoms with Crippen molar-refractivity contribution in [2.75, 3.05) is 19.8 Å². The van der Waals surface area contributed by atoms with Gasteiger partial charge in [-0.1, -0.05) is 104 Å². The second-order valence-corrected chi connectivity index (χ2v) is 10.4. The Balaban J connectivity index is 3.88. The third-order valence-electron chi connectivity index (χ3n) is 5.71. The number of hydrogen-bond donors (Lipinski definition) is 0. The Bertz CT molecular complexity index is 570. The maximum atomic E-state index is 12.2. The zero-order valence-electron chi connectivity index (χ0n) is 22.4. The molecule has 0 aromatic rings. The summed E-state index contributed by atoms with van der Waals surface area (Å²) in [6.45, 7) is 4.63. The molecule has 2 unspecified atom stereocenters. The standard InChI is InChI=1S/C26H51O8P/c1-4-7-8-9-10-11-12-13-14-15-16-17-18-19-20-21-26(28)34-24(22-31-25(27)5-2)23-33-35(29,30)32-6-3/h24H,4-23H2,1-3H3,(H,29,30)/p-1. The van der Waals surface area contributed by atoms with Crippen molar-refractivity contribution >= 4 is 19.8 Å². The quantitative estimate of drug-likeness (QED) is 0.0747. The van der Waals surface area contributed by atoms with Crippen molar-refractivity contribution in [1.82, 2.24) is 0 Å². The van der Waals surface area contributed by atoms with Crippen LogP contribution >= 0.6 is 7.82 Å². The molecule has 0 aliphatic carbocycles. The Labute approximate surface area is 213 Å². The summed E-state index contributed by atoms with van der Waals surface area (Å²) in [7, 11) is -4.48. The van der Waals surface area contributed by atoms with Gasteiger partial charge < -0.3 is 23.4 Å². The minimum Gasteiger partial charge on any atom is -0.756 e. The van der Waals surface area contributed by atoms with Gasteiger partial charge in [-0.15, -0.1) is 0 Å². The van der Waals surface area contributed by atoms with Crippen molar-refractivity contribution in [3.8, 4) is 0 Å². The summed E-state index contributed by atoms with van der Waals surface area (Å²) in [5, 5.41) is 0. The molecule has 0 aromatic carbocycles. The maximum absolute atomic E-state index is 12.2. The van der Waals surface area contributed by atoms with E-state index in [4.69, 9.17) is 14.0 Å². The smallest absolute Gasteiger partial charge is 0.306 e. The topological polar surface area (TPSA) is 111 Å². The van der Waals surface area contributed by atoms with E-state index < -0.39 is 32.5 Å². The number of hydrogen-bond acceptors (Lipinski definition) is 8. The molecule has 0 N–H and O–H groups in total. The maximum Gasteiger partial charge on any atom is 0.306 e. The van der Waals surface area contributed by atoms with Crippen LogP contribution in [0.2, 0.25) is 0 Å². The van der Waals surface area contributed by atoms with E-state index in [1.807, 2.05) is 0 Å². The van der Waals surface area contributed by atoms with Gasteiger partial charge in [-0.25, -0.2) is 0 Å². The summed E-state index contributed by atoms with van der Waals surface area (Å²) < 4.78 is 31.1. The number of esters is 2. The molecule has 0 rings (SSSR count). The van der Waals surface area contributed by atoms with Crippen LogP contribution in [0, 0.1) is 0 Å². The van der Waals surface area contributed by atoms with Crippen LogP contribution in [0.1, 0.15) is 130 Å². The first kappa shape index (κ1) is 34.0. The third-order valence-corrected chi connectivity index (χ3v) is 6.75. The van der Waals surface area contributed by atoms with Crippen LogP contribution < -0.4 is 4.89 Å². The molecule has 0 aromatic heterocycles. The number of rotatable bonds is 25. The molecule has 0 fully saturated rings. The molecular weight excluding hydrogens is 471 g/mol. The van der Waals surface area contributed by atoms with Crippen molar-refractivity contribution in [3.63, 3.8) is 0 Å². The van der Waals surface area contributed by atoms with Crippen molar-refractivity contribution in [2.24, 2.45) is 0 Å². The van der Waals surface area contributed by atoms with Crippen LogP contribution in [-0.4, -0.2) is 37.9 Å². The SMILES string of the molecule is CCCCCCCCCCCCCCCCCC(=O)OC(COC(=O)CC)COP(=O)([O-])OCC. The summed E-state index contributed by atoms with van der Waals surface area (Å²) in [5.74, 6) is -0.929. The van der Waals surface area contributed by atoms with Crippen molar-refractivity contribution in [2.45, 2.75) is 136 Å². The molecule has 0 saturated carbocycles. The van der Waals surface area contributed by atoms with E-state index in [9.17, 15) is 19.0 Å². The predicted octanol–water partition coefficient (Wildman–Crippen LogP) is 6.63. The highest BCUT2D eigenvalue weighted by molar-refractivity contribution is 7.45. The molecular formula is C26H50O8P-. The molecule has 0 aliphatic heterocycles. The van der Waals surface area contributed by atoms with E-state index >= 15 is 0 Å². The summed E-state index contributed by atoms with van der Waals surface area (Å²) in [4.78, 5) is 35.1. The van der Waals surface area contributed by atoms with Crippen LogP contribution in [0.15, 0.2) is 0 Å². The Morgan fingerprint density at radius 1 is 0.686 bits per heavy atom. The van der Waals surface area contributed by atoms with Crippen molar-refractivity contribution < 1.29 is 37.6 Å². The first-order chi connectivity index (χ1) is 16.8. The van der Waals surface area contributed by atoms with E-state index in [1.54, 1.807) is 6.92 Å². The van der Waals surface area contributed by atoms with Gasteiger partial charge in [-0.05, 0) is 13.3 Å². The second kappa shape index (κ2) is 23.4. The minimum atomic E-state index is -4.48. The molecule has 0 heterocycles. The Kier molecular flexibility index (Phi) is 22.8. The zero-order valence-corrected chi connectivity index (χ0v) is 23.3. The summed E-state index contributed by atoms with van der Waals surface area (Å²) in [5.41, 5.74) is 0. The predicted molar refractivity (Wildman–Crippen MR) is 136 cm³/mol. The van der Waals surface area contributed by atoms with E-state index in [-0.39, 0.29) is 26.1 Å². The number of ether oxygens (including phenoxy) is 2. The van der Waals surface area contributed by atoms with Crippen LogP contribution in [0.5, 0.6) is 0 Å². The van der Waals surface area contributed by atoms with Gasteiger partial charge in [0.2, 0.25) is 0 Å². The van der Waals surface area contributed by atoms with Crippen LogP contribution in [0.4, 0.5) is 0 Å². The summed E-state index contributed by atoms with van der Waals surface area (Å²) in [6, 6.07) is 0. The van der Waals surface area contributed by atoms with Crippen LogP contribution in [0.25, 0.3) is 0 Å². The van der Waals surface area contributed by atoms with Gasteiger partial charge in [-0.3, -0.25) is 14.2 Å². The van der Waals surface area contributed by atoms with Gasteiger partial charge in [0.15, 0.2) is 6.10 Å². The molecule has 0 aliphatic rings. The first-order valence-corrected chi connectivity index (χ1v) is 15.3. The van der Waals surface area contributed by atoms with Crippen LogP contribution in [0.3, 0.4) is 0 Å². The van der Waals surface area contributed by atoms with Crippen molar-refractivity contribution in [3.05, 3.63) is 0 Å². The van der Waals surface area contributed by atoms with Crippen molar-refractivity contribution in [1.29, 1.82) is 0 Å². The molecule has 208 valence electrons. The summed E-state index contributed by atoms with van der Waals surface area (Å²) in [6.07, 6.45) is 18.0. The molecule has 8 nitrogen and oxygen atoms in total. The average Bonchev–Trinajstić information content (AvgIpc) is 2.83. The number of unbranched alkanes of at least 4 members (excludes halogenated alkanes) is 14. The molecule has 0 spiro atoms. The first-order valence-electron chi connectivity index (χ1n) is 13.8. The minimum absolute atomic E-state index is 0.0603. The lowest BCUT2D eigenvalue weighted by atomic mass is 10.0. The lowest BCUT2D eigenvalue weighted by Gasteiger charge is -2.25. The monoisotopic (exact) mass is 521 g/mol. The number of phosphoric ester groups is 1. The fourth-order valence-corrected chi connectivity index (χ4v) is 4.40. The van der Waals surface area contributed by atoms with Gasteiger partial charge in [0.1, 0.15) is 6.61 Å². The normalized spacial score (nSPS) is 13.8. The molecule has 35 heavy (non-hydrogen) atoms. The second-order valence-electron chi connectivity index (χ2n) is 9.01. The van der Waals surface area contributed by atoms with E-state index in [0.717, 1.165) is 12.8 Å². The fraction of sp³-hybridized carbons (Fsp3) is 0.923. The van der Waals surface area contributed by atoms with Gasteiger partial charge in [0.25, 0.3) is 7.82 Å². The molecule has 2 atom stereocenters. The van der Waals surface area contributed by atoms with E-state index in [0.29, 0.717) is 6.42 Å². The number of carbonyl (C=O) groups is 2. The Morgan fingerprint density at radius 3 is 1.63 bits per heavy atom. The average molecular weight is 522 g/mol. The molecule has 0 bridgehead atoms. The highest BCUT2D eigenvalue weighted by Gasteiger charge is 2.20. The molecule has 9 heteroatoms. The zero-order chi connectivity index (χ0) is 26.2. The van der Waals surface area contributed by atoms with Gasteiger partial charge in [0.05, 0.1) is 13.2 Å². The van der Waals surface area contributed by atoms with Gasteiger partial charge in [-0.2, -0.15) is 0 Å². The molecule has 0 amide bonds. The number of carbonyl (C=O) groups excluding carboxylic acids is 2. The fourth-order valence-electron chi connectivity index (χ4n) is 3.66. The Morgan fingerprint density at radius 2 is 1.17 bits per heavy atom. The highest BCUT2D eigenvalue weighted by Crippen LogP contribution is 2.38. The Hall–Kier alpha value is -0.950. The lowest BCUT2D eigenvalue weighted by Crippen LogP contribution is -2.30. The highest BCUT2D eigenvalue weighted by atomic mass is 31.2. The largest absolute Gasteiger partial charge is 0.756 e. The van der Waals surface area contributed by atoms with E-state index in [2.05, 4.69) is 11.4 Å². The molecule has 0 radical (unpaired) electrons. The van der Waals surface area contributed by atoms with Gasteiger partial charge >= 0.3 is 11.9 Å². The van der Waals surface area contributed by atoms with Gasteiger partial charge in [0, 0.05) is 12.8 Å².